The fourth-order valence-corrected chi connectivity index (χ4v) is 4.32. The van der Waals surface area contributed by atoms with Crippen molar-refractivity contribution in [2.45, 2.75) is 43.7 Å². The Hall–Kier alpha value is -1.38. The number of benzene rings is 1. The molecule has 0 spiro atoms. The largest absolute Gasteiger partial charge is 0.356 e. The van der Waals surface area contributed by atoms with E-state index in [9.17, 15) is 0 Å². The summed E-state index contributed by atoms with van der Waals surface area (Å²) in [7, 11) is 1.85. The normalized spacial score (nSPS) is 19.1. The molecule has 4 rings (SSSR count). The second-order valence-electron chi connectivity index (χ2n) is 8.23. The highest BCUT2D eigenvalue weighted by Crippen LogP contribution is 2.48. The Balaban J connectivity index is 0.00000256. The molecule has 1 aromatic heterocycles. The van der Waals surface area contributed by atoms with Gasteiger partial charge in [-0.3, -0.25) is 14.9 Å². The maximum atomic E-state index is 6.20. The van der Waals surface area contributed by atoms with Crippen LogP contribution in [0.4, 0.5) is 0 Å². The number of nitrogens with zero attached hydrogens (tertiary/aromatic N) is 3. The number of aromatic nitrogens is 1. The average molecular weight is 540 g/mol. The van der Waals surface area contributed by atoms with Crippen molar-refractivity contribution in [2.24, 2.45) is 4.99 Å². The first kappa shape index (κ1) is 23.3. The Bertz CT molecular complexity index is 832. The second kappa shape index (κ2) is 10.8. The number of hydrogen-bond donors (Lipinski definition) is 2. The summed E-state index contributed by atoms with van der Waals surface area (Å²) in [5.74, 6) is 0.904. The van der Waals surface area contributed by atoms with E-state index in [0.717, 1.165) is 55.7 Å². The van der Waals surface area contributed by atoms with E-state index in [-0.39, 0.29) is 29.4 Å². The van der Waals surface area contributed by atoms with Gasteiger partial charge in [0, 0.05) is 55.9 Å². The summed E-state index contributed by atoms with van der Waals surface area (Å²) >= 11 is 6.20. The highest BCUT2D eigenvalue weighted by molar-refractivity contribution is 14.0. The fourth-order valence-electron chi connectivity index (χ4n) is 4.13. The van der Waals surface area contributed by atoms with Crippen LogP contribution in [0, 0.1) is 0 Å². The first-order chi connectivity index (χ1) is 14.2. The zero-order chi connectivity index (χ0) is 20.1. The van der Waals surface area contributed by atoms with Gasteiger partial charge in [0.15, 0.2) is 5.96 Å². The van der Waals surface area contributed by atoms with Gasteiger partial charge < -0.3 is 10.6 Å². The molecule has 0 amide bonds. The lowest BCUT2D eigenvalue weighted by atomic mass is 9.96. The van der Waals surface area contributed by atoms with Crippen LogP contribution in [0.15, 0.2) is 53.7 Å². The summed E-state index contributed by atoms with van der Waals surface area (Å²) < 4.78 is 0. The minimum absolute atomic E-state index is 0. The Morgan fingerprint density at radius 3 is 2.63 bits per heavy atom. The number of piperidine rings is 1. The van der Waals surface area contributed by atoms with Crippen molar-refractivity contribution < 1.29 is 0 Å². The van der Waals surface area contributed by atoms with Crippen LogP contribution in [0.25, 0.3) is 0 Å². The molecule has 2 fully saturated rings. The molecule has 162 valence electrons. The van der Waals surface area contributed by atoms with Gasteiger partial charge in [0.2, 0.25) is 0 Å². The van der Waals surface area contributed by atoms with Gasteiger partial charge in [-0.2, -0.15) is 0 Å². The molecule has 7 heteroatoms. The number of rotatable bonds is 6. The average Bonchev–Trinajstić information content (AvgIpc) is 3.54. The van der Waals surface area contributed by atoms with E-state index in [1.807, 2.05) is 31.4 Å². The second-order valence-corrected chi connectivity index (χ2v) is 8.67. The smallest absolute Gasteiger partial charge is 0.191 e. The molecule has 0 atom stereocenters. The molecule has 5 nitrogen and oxygen atoms in total. The molecule has 2 N–H and O–H groups in total. The highest BCUT2D eigenvalue weighted by Gasteiger charge is 2.44. The first-order valence-corrected chi connectivity index (χ1v) is 10.9. The summed E-state index contributed by atoms with van der Waals surface area (Å²) in [5, 5.41) is 8.00. The molecule has 1 aliphatic carbocycles. The molecule has 2 aliphatic rings. The minimum atomic E-state index is 0. The molecule has 1 saturated heterocycles. The predicted octanol–water partition coefficient (Wildman–Crippen LogP) is 4.21. The van der Waals surface area contributed by atoms with Gasteiger partial charge in [-0.1, -0.05) is 29.8 Å². The third-order valence-electron chi connectivity index (χ3n) is 6.15. The molecule has 1 aliphatic heterocycles. The zero-order valence-electron chi connectivity index (χ0n) is 17.5. The van der Waals surface area contributed by atoms with Crippen molar-refractivity contribution in [2.75, 3.05) is 26.7 Å². The number of pyridine rings is 1. The molecular formula is C23H31ClIN5. The highest BCUT2D eigenvalue weighted by atomic mass is 127. The van der Waals surface area contributed by atoms with Crippen molar-refractivity contribution in [3.63, 3.8) is 0 Å². The number of aliphatic imine (C=N–C) groups is 1. The van der Waals surface area contributed by atoms with Crippen LogP contribution in [-0.2, 0) is 12.0 Å². The van der Waals surface area contributed by atoms with Gasteiger partial charge in [0.05, 0.1) is 5.69 Å². The molecule has 1 aromatic carbocycles. The summed E-state index contributed by atoms with van der Waals surface area (Å²) in [6, 6.07) is 14.9. The van der Waals surface area contributed by atoms with Crippen molar-refractivity contribution >= 4 is 41.5 Å². The van der Waals surface area contributed by atoms with Gasteiger partial charge in [-0.15, -0.1) is 24.0 Å². The van der Waals surface area contributed by atoms with Crippen molar-refractivity contribution in [1.29, 1.82) is 0 Å². The van der Waals surface area contributed by atoms with Crippen LogP contribution >= 0.6 is 35.6 Å². The van der Waals surface area contributed by atoms with Crippen LogP contribution in [0.1, 0.15) is 36.9 Å². The molecule has 0 unspecified atom stereocenters. The predicted molar refractivity (Wildman–Crippen MR) is 135 cm³/mol. The number of halogens is 2. The van der Waals surface area contributed by atoms with Crippen molar-refractivity contribution in [3.8, 4) is 0 Å². The monoisotopic (exact) mass is 539 g/mol. The Labute approximate surface area is 201 Å². The van der Waals surface area contributed by atoms with Gasteiger partial charge in [-0.25, -0.2) is 0 Å². The molecule has 0 radical (unpaired) electrons. The molecule has 1 saturated carbocycles. The van der Waals surface area contributed by atoms with Crippen LogP contribution in [0.5, 0.6) is 0 Å². The van der Waals surface area contributed by atoms with Crippen LogP contribution in [0.3, 0.4) is 0 Å². The Morgan fingerprint density at radius 1 is 1.20 bits per heavy atom. The van der Waals surface area contributed by atoms with Gasteiger partial charge in [-0.05, 0) is 55.5 Å². The van der Waals surface area contributed by atoms with Crippen LogP contribution < -0.4 is 10.6 Å². The van der Waals surface area contributed by atoms with Gasteiger partial charge >= 0.3 is 0 Å². The van der Waals surface area contributed by atoms with Crippen LogP contribution in [-0.4, -0.2) is 48.6 Å². The SMILES string of the molecule is CN=C(NCC1(c2cccc(Cl)c2)CC1)NC1CCN(Cc2ccccn2)CC1.I. The lowest BCUT2D eigenvalue weighted by Crippen LogP contribution is -2.49. The van der Waals surface area contributed by atoms with Crippen molar-refractivity contribution in [3.05, 3.63) is 64.9 Å². The number of guanidine groups is 1. The topological polar surface area (TPSA) is 52.6 Å². The van der Waals surface area contributed by atoms with E-state index in [1.54, 1.807) is 0 Å². The zero-order valence-corrected chi connectivity index (χ0v) is 20.6. The first-order valence-electron chi connectivity index (χ1n) is 10.5. The third-order valence-corrected chi connectivity index (χ3v) is 6.38. The van der Waals surface area contributed by atoms with E-state index in [1.165, 1.54) is 18.4 Å². The summed E-state index contributed by atoms with van der Waals surface area (Å²) in [4.78, 5) is 11.4. The molecular weight excluding hydrogens is 509 g/mol. The molecule has 2 aromatic rings. The summed E-state index contributed by atoms with van der Waals surface area (Å²) in [5.41, 5.74) is 2.68. The Kier molecular flexibility index (Phi) is 8.36. The molecule has 0 bridgehead atoms. The van der Waals surface area contributed by atoms with E-state index in [0.29, 0.717) is 6.04 Å². The minimum Gasteiger partial charge on any atom is -0.356 e. The van der Waals surface area contributed by atoms with E-state index in [2.05, 4.69) is 49.8 Å². The quantitative estimate of drug-likeness (QED) is 0.328. The molecule has 2 heterocycles. The third kappa shape index (κ3) is 6.08. The Morgan fingerprint density at radius 2 is 2.00 bits per heavy atom. The summed E-state index contributed by atoms with van der Waals surface area (Å²) in [6.07, 6.45) is 6.50. The lowest BCUT2D eigenvalue weighted by Gasteiger charge is -2.33. The number of nitrogens with one attached hydrogen (secondary N) is 2. The van der Waals surface area contributed by atoms with Crippen LogP contribution in [0.2, 0.25) is 5.02 Å². The summed E-state index contributed by atoms with van der Waals surface area (Å²) in [6.45, 7) is 3.99. The van der Waals surface area contributed by atoms with E-state index < -0.39 is 0 Å². The van der Waals surface area contributed by atoms with Gasteiger partial charge in [0.25, 0.3) is 0 Å². The molecule has 30 heavy (non-hydrogen) atoms. The van der Waals surface area contributed by atoms with E-state index >= 15 is 0 Å². The fraction of sp³-hybridized carbons (Fsp3) is 0.478. The lowest BCUT2D eigenvalue weighted by molar-refractivity contribution is 0.196. The maximum absolute atomic E-state index is 6.20. The van der Waals surface area contributed by atoms with E-state index in [4.69, 9.17) is 11.6 Å². The number of hydrogen-bond acceptors (Lipinski definition) is 3. The number of likely N-dealkylation sites (tertiary alicyclic amines) is 1. The van der Waals surface area contributed by atoms with Gasteiger partial charge in [0.1, 0.15) is 0 Å². The standard InChI is InChI=1S/C23H30ClN5.HI/c1-25-22(27-17-23(10-11-23)18-5-4-6-19(24)15-18)28-20-8-13-29(14-9-20)16-21-7-2-3-12-26-21;/h2-7,12,15,20H,8-11,13-14,16-17H2,1H3,(H2,25,27,28);1H. The van der Waals surface area contributed by atoms with Crippen molar-refractivity contribution in [1.82, 2.24) is 20.5 Å². The maximum Gasteiger partial charge on any atom is 0.191 e.